The first-order valence-electron chi connectivity index (χ1n) is 6.95. The second-order valence-corrected chi connectivity index (χ2v) is 5.94. The Bertz CT molecular complexity index is 541. The maximum absolute atomic E-state index is 12.1. The van der Waals surface area contributed by atoms with Gasteiger partial charge < -0.3 is 20.5 Å². The van der Waals surface area contributed by atoms with Gasteiger partial charge in [-0.1, -0.05) is 0 Å². The van der Waals surface area contributed by atoms with Crippen LogP contribution in [-0.2, 0) is 27.1 Å². The molecule has 1 aliphatic carbocycles. The van der Waals surface area contributed by atoms with E-state index in [9.17, 15) is 9.59 Å². The van der Waals surface area contributed by atoms with Crippen LogP contribution >= 0.6 is 11.3 Å². The molecular weight excluding hydrogens is 292 g/mol. The number of ether oxygens (including phenoxy) is 2. The van der Waals surface area contributed by atoms with Crippen LogP contribution in [0.3, 0.4) is 0 Å². The number of fused-ring (bicyclic) bond motifs is 1. The van der Waals surface area contributed by atoms with Gasteiger partial charge in [-0.25, -0.2) is 4.79 Å². The van der Waals surface area contributed by atoms with Gasteiger partial charge in [0.05, 0.1) is 18.8 Å². The van der Waals surface area contributed by atoms with E-state index < -0.39 is 6.04 Å². The highest BCUT2D eigenvalue weighted by Crippen LogP contribution is 2.39. The van der Waals surface area contributed by atoms with Crippen LogP contribution in [0.4, 0.5) is 5.00 Å². The van der Waals surface area contributed by atoms with Crippen LogP contribution in [0.5, 0.6) is 0 Å². The van der Waals surface area contributed by atoms with E-state index >= 15 is 0 Å². The van der Waals surface area contributed by atoms with Gasteiger partial charge in [-0.2, -0.15) is 0 Å². The molecule has 1 unspecified atom stereocenters. The minimum absolute atomic E-state index is 0.131. The molecule has 1 aromatic rings. The van der Waals surface area contributed by atoms with Crippen LogP contribution in [0.15, 0.2) is 0 Å². The van der Waals surface area contributed by atoms with E-state index in [1.807, 2.05) is 0 Å². The zero-order valence-corrected chi connectivity index (χ0v) is 13.0. The van der Waals surface area contributed by atoms with Gasteiger partial charge in [-0.05, 0) is 31.7 Å². The minimum Gasteiger partial charge on any atom is -0.462 e. The number of carbonyl (C=O) groups excluding carboxylic acids is 2. The zero-order chi connectivity index (χ0) is 15.4. The molecule has 6 nitrogen and oxygen atoms in total. The number of anilines is 1. The molecule has 3 N–H and O–H groups in total. The monoisotopic (exact) mass is 312 g/mol. The Hall–Kier alpha value is -1.44. The van der Waals surface area contributed by atoms with Gasteiger partial charge >= 0.3 is 5.97 Å². The smallest absolute Gasteiger partial charge is 0.341 e. The Morgan fingerprint density at radius 1 is 1.43 bits per heavy atom. The van der Waals surface area contributed by atoms with Gasteiger partial charge in [0.15, 0.2) is 0 Å². The van der Waals surface area contributed by atoms with Crippen LogP contribution in [0.1, 0.15) is 34.1 Å². The lowest BCUT2D eigenvalue weighted by Gasteiger charge is -2.12. The molecule has 0 saturated heterocycles. The standard InChI is InChI=1S/C14H20N2O4S/c1-3-20-14(18)11-8-5-4-6-10(8)21-13(11)16-12(17)9(15)7-19-2/h9H,3-7,15H2,1-2H3,(H,16,17). The first kappa shape index (κ1) is 15.9. The second-order valence-electron chi connectivity index (χ2n) is 4.83. The lowest BCUT2D eigenvalue weighted by atomic mass is 10.1. The van der Waals surface area contributed by atoms with Crippen LogP contribution in [0, 0.1) is 0 Å². The van der Waals surface area contributed by atoms with E-state index in [2.05, 4.69) is 5.32 Å². The predicted octanol–water partition coefficient (Wildman–Crippen LogP) is 1.33. The van der Waals surface area contributed by atoms with Crippen LogP contribution in [0.2, 0.25) is 0 Å². The van der Waals surface area contributed by atoms with Crippen molar-refractivity contribution in [2.45, 2.75) is 32.2 Å². The highest BCUT2D eigenvalue weighted by molar-refractivity contribution is 7.17. The summed E-state index contributed by atoms with van der Waals surface area (Å²) in [6.45, 7) is 2.20. The zero-order valence-electron chi connectivity index (χ0n) is 12.2. The largest absolute Gasteiger partial charge is 0.462 e. The van der Waals surface area contributed by atoms with Crippen molar-refractivity contribution >= 4 is 28.2 Å². The van der Waals surface area contributed by atoms with E-state index in [1.165, 1.54) is 18.4 Å². The molecular formula is C14H20N2O4S. The van der Waals surface area contributed by atoms with E-state index in [0.29, 0.717) is 17.2 Å². The summed E-state index contributed by atoms with van der Waals surface area (Å²) in [5.41, 5.74) is 7.20. The van der Waals surface area contributed by atoms with Crippen molar-refractivity contribution in [3.05, 3.63) is 16.0 Å². The van der Waals surface area contributed by atoms with E-state index in [4.69, 9.17) is 15.2 Å². The molecule has 1 amide bonds. The van der Waals surface area contributed by atoms with E-state index in [-0.39, 0.29) is 18.5 Å². The lowest BCUT2D eigenvalue weighted by molar-refractivity contribution is -0.118. The van der Waals surface area contributed by atoms with Crippen molar-refractivity contribution in [1.82, 2.24) is 0 Å². The number of rotatable bonds is 6. The molecule has 1 aromatic heterocycles. The molecule has 0 bridgehead atoms. The molecule has 1 heterocycles. The van der Waals surface area contributed by atoms with Crippen LogP contribution in [0.25, 0.3) is 0 Å². The fourth-order valence-corrected chi connectivity index (χ4v) is 3.65. The van der Waals surface area contributed by atoms with E-state index in [0.717, 1.165) is 29.7 Å². The number of amides is 1. The maximum atomic E-state index is 12.1. The molecule has 0 saturated carbocycles. The SMILES string of the molecule is CCOC(=O)c1c(NC(=O)C(N)COC)sc2c1CCC2. The molecule has 0 aliphatic heterocycles. The van der Waals surface area contributed by atoms with Gasteiger partial charge in [-0.3, -0.25) is 4.79 Å². The van der Waals surface area contributed by atoms with Crippen LogP contribution < -0.4 is 11.1 Å². The van der Waals surface area contributed by atoms with Crippen LogP contribution in [-0.4, -0.2) is 38.2 Å². The summed E-state index contributed by atoms with van der Waals surface area (Å²) in [5.74, 6) is -0.741. The molecule has 2 rings (SSSR count). The highest BCUT2D eigenvalue weighted by Gasteiger charge is 2.29. The van der Waals surface area contributed by atoms with Crippen molar-refractivity contribution in [1.29, 1.82) is 0 Å². The molecule has 1 atom stereocenters. The Kier molecular flexibility index (Phi) is 5.33. The summed E-state index contributed by atoms with van der Waals surface area (Å²) < 4.78 is 9.97. The number of hydrogen-bond donors (Lipinski definition) is 2. The fourth-order valence-electron chi connectivity index (χ4n) is 2.37. The van der Waals surface area contributed by atoms with Gasteiger partial charge in [0.2, 0.25) is 5.91 Å². The van der Waals surface area contributed by atoms with Gasteiger partial charge in [0.1, 0.15) is 11.0 Å². The van der Waals surface area contributed by atoms with E-state index in [1.54, 1.807) is 6.92 Å². The fraction of sp³-hybridized carbons (Fsp3) is 0.571. The topological polar surface area (TPSA) is 90.7 Å². The number of nitrogens with two attached hydrogens (primary N) is 1. The quantitative estimate of drug-likeness (QED) is 0.773. The third-order valence-electron chi connectivity index (χ3n) is 3.32. The number of hydrogen-bond acceptors (Lipinski definition) is 6. The molecule has 21 heavy (non-hydrogen) atoms. The third kappa shape index (κ3) is 3.42. The molecule has 0 fully saturated rings. The first-order chi connectivity index (χ1) is 10.1. The summed E-state index contributed by atoms with van der Waals surface area (Å²) in [5, 5.41) is 3.27. The number of nitrogens with one attached hydrogen (secondary N) is 1. The van der Waals surface area contributed by atoms with Gasteiger partial charge in [0.25, 0.3) is 0 Å². The average Bonchev–Trinajstić information content (AvgIpc) is 2.99. The summed E-state index contributed by atoms with van der Waals surface area (Å²) in [6, 6.07) is -0.762. The molecule has 116 valence electrons. The van der Waals surface area contributed by atoms with Crippen molar-refractivity contribution < 1.29 is 19.1 Å². The molecule has 1 aliphatic rings. The summed E-state index contributed by atoms with van der Waals surface area (Å²) in [6.07, 6.45) is 2.82. The predicted molar refractivity (Wildman–Crippen MR) is 80.8 cm³/mol. The number of carbonyl (C=O) groups is 2. The third-order valence-corrected chi connectivity index (χ3v) is 4.53. The number of methoxy groups -OCH3 is 1. The lowest BCUT2D eigenvalue weighted by Crippen LogP contribution is -2.39. The van der Waals surface area contributed by atoms with Crippen molar-refractivity contribution in [3.63, 3.8) is 0 Å². The summed E-state index contributed by atoms with van der Waals surface area (Å²) in [7, 11) is 1.48. The molecule has 0 radical (unpaired) electrons. The second kappa shape index (κ2) is 7.02. The Balaban J connectivity index is 2.23. The Morgan fingerprint density at radius 2 is 2.19 bits per heavy atom. The maximum Gasteiger partial charge on any atom is 0.341 e. The average molecular weight is 312 g/mol. The van der Waals surface area contributed by atoms with Gasteiger partial charge in [0, 0.05) is 12.0 Å². The normalized spacial score (nSPS) is 14.6. The number of aryl methyl sites for hydroxylation is 1. The summed E-state index contributed by atoms with van der Waals surface area (Å²) >= 11 is 1.44. The number of thiophene rings is 1. The first-order valence-corrected chi connectivity index (χ1v) is 7.77. The Morgan fingerprint density at radius 3 is 2.86 bits per heavy atom. The molecule has 0 aromatic carbocycles. The number of esters is 1. The molecule has 7 heteroatoms. The van der Waals surface area contributed by atoms with Crippen molar-refractivity contribution in [2.75, 3.05) is 25.6 Å². The van der Waals surface area contributed by atoms with Crippen molar-refractivity contribution in [2.24, 2.45) is 5.73 Å². The molecule has 0 spiro atoms. The minimum atomic E-state index is -0.762. The summed E-state index contributed by atoms with van der Waals surface area (Å²) in [4.78, 5) is 25.3. The Labute approximate surface area is 127 Å². The van der Waals surface area contributed by atoms with Gasteiger partial charge in [-0.15, -0.1) is 11.3 Å². The van der Waals surface area contributed by atoms with Crippen molar-refractivity contribution in [3.8, 4) is 0 Å². The highest BCUT2D eigenvalue weighted by atomic mass is 32.1.